The topological polar surface area (TPSA) is 34.4 Å². The van der Waals surface area contributed by atoms with Crippen LogP contribution in [0.4, 0.5) is 13.2 Å². The van der Waals surface area contributed by atoms with E-state index < -0.39 is 12.8 Å². The van der Waals surface area contributed by atoms with Crippen LogP contribution in [0, 0.1) is 0 Å². The van der Waals surface area contributed by atoms with Crippen molar-refractivity contribution < 1.29 is 22.3 Å². The summed E-state index contributed by atoms with van der Waals surface area (Å²) in [5.74, 6) is 1.67. The second-order valence-corrected chi connectivity index (χ2v) is 3.57. The molecule has 1 N–H and O–H groups in total. The highest BCUT2D eigenvalue weighted by Crippen LogP contribution is 2.14. The number of hydrogen-bond acceptors (Lipinski definition) is 3. The molecule has 3 nitrogen and oxygen atoms in total. The molecule has 0 radical (unpaired) electrons. The Bertz CT molecular complexity index is 323. The molecule has 0 spiro atoms. The van der Waals surface area contributed by atoms with Gasteiger partial charge in [-0.1, -0.05) is 6.92 Å². The van der Waals surface area contributed by atoms with Crippen LogP contribution >= 0.6 is 0 Å². The quantitative estimate of drug-likeness (QED) is 0.756. The van der Waals surface area contributed by atoms with E-state index in [0.717, 1.165) is 17.9 Å². The van der Waals surface area contributed by atoms with E-state index in [1.807, 2.05) is 19.1 Å². The summed E-state index contributed by atoms with van der Waals surface area (Å²) < 4.78 is 45.0. The Hall–Kier alpha value is -1.01. The molecule has 0 saturated heterocycles. The summed E-state index contributed by atoms with van der Waals surface area (Å²) in [5, 5.41) is 2.94. The summed E-state index contributed by atoms with van der Waals surface area (Å²) >= 11 is 0. The highest BCUT2D eigenvalue weighted by molar-refractivity contribution is 5.06. The van der Waals surface area contributed by atoms with Crippen molar-refractivity contribution in [2.45, 2.75) is 26.1 Å². The van der Waals surface area contributed by atoms with Crippen molar-refractivity contribution in [1.29, 1.82) is 0 Å². The van der Waals surface area contributed by atoms with E-state index in [-0.39, 0.29) is 6.61 Å². The lowest BCUT2D eigenvalue weighted by Crippen LogP contribution is -2.23. The second-order valence-electron chi connectivity index (χ2n) is 3.57. The Morgan fingerprint density at radius 1 is 1.29 bits per heavy atom. The Kier molecular flexibility index (Phi) is 5.50. The van der Waals surface area contributed by atoms with Crippen molar-refractivity contribution in [1.82, 2.24) is 5.32 Å². The van der Waals surface area contributed by atoms with Crippen LogP contribution in [0.3, 0.4) is 0 Å². The first-order chi connectivity index (χ1) is 8.01. The van der Waals surface area contributed by atoms with Crippen LogP contribution in [-0.4, -0.2) is 25.9 Å². The lowest BCUT2D eigenvalue weighted by Gasteiger charge is -2.07. The summed E-state index contributed by atoms with van der Waals surface area (Å²) in [7, 11) is 0. The van der Waals surface area contributed by atoms with E-state index in [1.54, 1.807) is 0 Å². The monoisotopic (exact) mass is 251 g/mol. The molecule has 1 rings (SSSR count). The maximum absolute atomic E-state index is 11.7. The highest BCUT2D eigenvalue weighted by atomic mass is 19.4. The third kappa shape index (κ3) is 6.33. The van der Waals surface area contributed by atoms with Gasteiger partial charge in [-0.3, -0.25) is 0 Å². The molecule has 1 aromatic rings. The number of nitrogens with one attached hydrogen (secondary N) is 1. The number of hydrogen-bond donors (Lipinski definition) is 1. The molecule has 6 heteroatoms. The van der Waals surface area contributed by atoms with Crippen LogP contribution in [-0.2, 0) is 17.7 Å². The van der Waals surface area contributed by atoms with Gasteiger partial charge >= 0.3 is 6.18 Å². The van der Waals surface area contributed by atoms with Gasteiger partial charge in [-0.15, -0.1) is 0 Å². The van der Waals surface area contributed by atoms with Crippen molar-refractivity contribution in [3.8, 4) is 0 Å². The molecule has 1 aromatic heterocycles. The molecule has 1 heterocycles. The van der Waals surface area contributed by atoms with Gasteiger partial charge in [-0.2, -0.15) is 13.2 Å². The Morgan fingerprint density at radius 2 is 2.00 bits per heavy atom. The minimum atomic E-state index is -4.25. The first-order valence-electron chi connectivity index (χ1n) is 5.44. The Labute approximate surface area is 97.9 Å². The molecule has 17 heavy (non-hydrogen) atoms. The fourth-order valence-corrected chi connectivity index (χ4v) is 1.25. The fraction of sp³-hybridized carbons (Fsp3) is 0.636. The molecule has 98 valence electrons. The molecule has 0 aliphatic heterocycles. The smallest absolute Gasteiger partial charge is 0.411 e. The third-order valence-electron chi connectivity index (χ3n) is 2.05. The summed E-state index contributed by atoms with van der Waals surface area (Å²) in [6, 6.07) is 3.74. The van der Waals surface area contributed by atoms with Gasteiger partial charge in [0.05, 0.1) is 13.2 Å². The lowest BCUT2D eigenvalue weighted by atomic mass is 10.3. The molecule has 0 aromatic carbocycles. The summed E-state index contributed by atoms with van der Waals surface area (Å²) in [6.07, 6.45) is -3.42. The fourth-order valence-electron chi connectivity index (χ4n) is 1.25. The van der Waals surface area contributed by atoms with E-state index in [9.17, 15) is 13.2 Å². The number of furan rings is 1. The second kappa shape index (κ2) is 6.66. The number of aryl methyl sites for hydroxylation is 1. The van der Waals surface area contributed by atoms with Gasteiger partial charge in [-0.25, -0.2) is 0 Å². The average Bonchev–Trinajstić information content (AvgIpc) is 2.69. The van der Waals surface area contributed by atoms with Crippen molar-refractivity contribution in [2.75, 3.05) is 19.8 Å². The van der Waals surface area contributed by atoms with E-state index in [0.29, 0.717) is 13.1 Å². The zero-order chi connectivity index (χ0) is 12.7. The highest BCUT2D eigenvalue weighted by Gasteiger charge is 2.27. The molecular formula is C11H16F3NO2. The zero-order valence-electron chi connectivity index (χ0n) is 9.64. The van der Waals surface area contributed by atoms with Crippen molar-refractivity contribution in [3.05, 3.63) is 23.7 Å². The maximum Gasteiger partial charge on any atom is 0.411 e. The summed E-state index contributed by atoms with van der Waals surface area (Å²) in [5.41, 5.74) is 0. The molecule has 0 unspecified atom stereocenters. The van der Waals surface area contributed by atoms with Crippen LogP contribution in [0.15, 0.2) is 16.5 Å². The van der Waals surface area contributed by atoms with Crippen LogP contribution in [0.25, 0.3) is 0 Å². The van der Waals surface area contributed by atoms with Crippen LogP contribution in [0.2, 0.25) is 0 Å². The van der Waals surface area contributed by atoms with Gasteiger partial charge in [0.1, 0.15) is 18.1 Å². The Balaban J connectivity index is 2.04. The van der Waals surface area contributed by atoms with Gasteiger partial charge in [0.15, 0.2) is 0 Å². The van der Waals surface area contributed by atoms with Crippen molar-refractivity contribution in [3.63, 3.8) is 0 Å². The molecule has 0 aliphatic rings. The van der Waals surface area contributed by atoms with Gasteiger partial charge in [0, 0.05) is 13.0 Å². The molecule has 0 amide bonds. The number of rotatable bonds is 7. The van der Waals surface area contributed by atoms with Gasteiger partial charge in [0.25, 0.3) is 0 Å². The van der Waals surface area contributed by atoms with Crippen LogP contribution < -0.4 is 5.32 Å². The number of ether oxygens (including phenoxy) is 1. The molecular weight excluding hydrogens is 235 g/mol. The average molecular weight is 251 g/mol. The largest absolute Gasteiger partial charge is 0.465 e. The summed E-state index contributed by atoms with van der Waals surface area (Å²) in [6.45, 7) is 1.67. The number of alkyl halides is 3. The molecule has 0 saturated carbocycles. The minimum absolute atomic E-state index is 0.0286. The van der Waals surface area contributed by atoms with Crippen LogP contribution in [0.1, 0.15) is 18.4 Å². The minimum Gasteiger partial charge on any atom is -0.465 e. The normalized spacial score (nSPS) is 12.0. The SMILES string of the molecule is CCc1ccc(CNCCOCC(F)(F)F)o1. The summed E-state index contributed by atoms with van der Waals surface area (Å²) in [4.78, 5) is 0. The molecule has 0 aliphatic carbocycles. The van der Waals surface area contributed by atoms with E-state index in [1.165, 1.54) is 0 Å². The van der Waals surface area contributed by atoms with E-state index in [2.05, 4.69) is 10.1 Å². The number of halogens is 3. The first-order valence-corrected chi connectivity index (χ1v) is 5.44. The van der Waals surface area contributed by atoms with Crippen molar-refractivity contribution in [2.24, 2.45) is 0 Å². The van der Waals surface area contributed by atoms with E-state index >= 15 is 0 Å². The van der Waals surface area contributed by atoms with Gasteiger partial charge in [-0.05, 0) is 12.1 Å². The third-order valence-corrected chi connectivity index (χ3v) is 2.05. The molecule has 0 fully saturated rings. The standard InChI is InChI=1S/C11H16F3NO2/c1-2-9-3-4-10(17-9)7-15-5-6-16-8-11(12,13)14/h3-4,15H,2,5-8H2,1H3. The molecule has 0 bridgehead atoms. The van der Waals surface area contributed by atoms with E-state index in [4.69, 9.17) is 4.42 Å². The Morgan fingerprint density at radius 3 is 2.59 bits per heavy atom. The predicted molar refractivity (Wildman–Crippen MR) is 56.7 cm³/mol. The van der Waals surface area contributed by atoms with Crippen LogP contribution in [0.5, 0.6) is 0 Å². The van der Waals surface area contributed by atoms with Gasteiger partial charge in [0.2, 0.25) is 0 Å². The zero-order valence-corrected chi connectivity index (χ0v) is 9.64. The maximum atomic E-state index is 11.7. The molecule has 0 atom stereocenters. The van der Waals surface area contributed by atoms with Crippen molar-refractivity contribution >= 4 is 0 Å². The first kappa shape index (κ1) is 14.1. The lowest BCUT2D eigenvalue weighted by molar-refractivity contribution is -0.173. The predicted octanol–water partition coefficient (Wildman–Crippen LogP) is 2.51. The van der Waals surface area contributed by atoms with Gasteiger partial charge < -0.3 is 14.5 Å².